The predicted octanol–water partition coefficient (Wildman–Crippen LogP) is 0.847. The van der Waals surface area contributed by atoms with Gasteiger partial charge >= 0.3 is 0 Å². The molecule has 0 aromatic carbocycles. The zero-order chi connectivity index (χ0) is 23.6. The molecule has 33 heavy (non-hydrogen) atoms. The van der Waals surface area contributed by atoms with E-state index in [1.807, 2.05) is 18.5 Å². The number of nitrogens with zero attached hydrogens (tertiary/aromatic N) is 3. The molecule has 0 saturated carbocycles. The highest BCUT2D eigenvalue weighted by molar-refractivity contribution is 6.00. The molecule has 0 aliphatic carbocycles. The molecular weight excluding hydrogens is 426 g/mol. The second kappa shape index (κ2) is 9.36. The number of hydroxylamine groups is 1. The smallest absolute Gasteiger partial charge is 0.259 e. The Morgan fingerprint density at radius 1 is 1.27 bits per heavy atom. The van der Waals surface area contributed by atoms with Crippen LogP contribution in [0.15, 0.2) is 12.3 Å². The van der Waals surface area contributed by atoms with E-state index in [1.54, 1.807) is 12.3 Å². The van der Waals surface area contributed by atoms with E-state index >= 15 is 0 Å². The van der Waals surface area contributed by atoms with Crippen LogP contribution < -0.4 is 21.4 Å². The summed E-state index contributed by atoms with van der Waals surface area (Å²) in [4.78, 5) is 35.3. The molecule has 0 spiro atoms. The van der Waals surface area contributed by atoms with Crippen molar-refractivity contribution in [2.24, 2.45) is 0 Å². The number of rotatable bonds is 7. The summed E-state index contributed by atoms with van der Waals surface area (Å²) < 4.78 is 7.39. The third-order valence-electron chi connectivity index (χ3n) is 6.13. The van der Waals surface area contributed by atoms with E-state index in [0.717, 1.165) is 40.8 Å². The SMILES string of the molecule is CCn1nc(C)c2c(NC3CCOCC3)c(C3=CC(CC(=O)NC)(C(=O)NC)ON3)cnc21. The highest BCUT2D eigenvalue weighted by atomic mass is 16.7. The van der Waals surface area contributed by atoms with Crippen molar-refractivity contribution < 1.29 is 19.2 Å². The standard InChI is InChI=1S/C22H31N7O4/c1-5-29-20-18(13(2)27-29)19(26-14-6-8-32-9-7-14)15(12-25-20)16-10-22(33-28-16,21(31)24-4)11-17(30)23-3/h10,12,14,28H,5-9,11H2,1-4H3,(H,23,30)(H,24,31)(H,25,26). The Labute approximate surface area is 192 Å². The van der Waals surface area contributed by atoms with Gasteiger partial charge in [0.05, 0.1) is 28.9 Å². The second-order valence-corrected chi connectivity index (χ2v) is 8.26. The highest BCUT2D eigenvalue weighted by Crippen LogP contribution is 2.37. The minimum Gasteiger partial charge on any atom is -0.381 e. The lowest BCUT2D eigenvalue weighted by atomic mass is 9.95. The van der Waals surface area contributed by atoms with Crippen LogP contribution in [0.4, 0.5) is 5.69 Å². The molecule has 2 aromatic heterocycles. The summed E-state index contributed by atoms with van der Waals surface area (Å²) in [5, 5.41) is 14.4. The Hall–Kier alpha value is -3.18. The Morgan fingerprint density at radius 2 is 2.03 bits per heavy atom. The number of fused-ring (bicyclic) bond motifs is 1. The van der Waals surface area contributed by atoms with Crippen LogP contribution in [0.1, 0.15) is 37.4 Å². The maximum Gasteiger partial charge on any atom is 0.259 e. The van der Waals surface area contributed by atoms with Gasteiger partial charge in [0.15, 0.2) is 5.65 Å². The molecule has 4 rings (SSSR count). The summed E-state index contributed by atoms with van der Waals surface area (Å²) in [7, 11) is 3.03. The molecule has 11 heteroatoms. The molecule has 11 nitrogen and oxygen atoms in total. The van der Waals surface area contributed by atoms with Crippen LogP contribution in [0, 0.1) is 6.92 Å². The van der Waals surface area contributed by atoms with E-state index in [0.29, 0.717) is 25.5 Å². The highest BCUT2D eigenvalue weighted by Gasteiger charge is 2.45. The van der Waals surface area contributed by atoms with Crippen molar-refractivity contribution in [1.29, 1.82) is 0 Å². The van der Waals surface area contributed by atoms with E-state index in [9.17, 15) is 9.59 Å². The van der Waals surface area contributed by atoms with Crippen molar-refractivity contribution in [2.45, 2.75) is 51.3 Å². The van der Waals surface area contributed by atoms with E-state index in [4.69, 9.17) is 9.57 Å². The Morgan fingerprint density at radius 3 is 2.70 bits per heavy atom. The summed E-state index contributed by atoms with van der Waals surface area (Å²) >= 11 is 0. The third-order valence-corrected chi connectivity index (χ3v) is 6.13. The van der Waals surface area contributed by atoms with Gasteiger partial charge in [0.1, 0.15) is 0 Å². The van der Waals surface area contributed by atoms with Gasteiger partial charge in [-0.25, -0.2) is 9.67 Å². The van der Waals surface area contributed by atoms with Crippen molar-refractivity contribution in [3.63, 3.8) is 0 Å². The molecule has 2 amide bonds. The predicted molar refractivity (Wildman–Crippen MR) is 123 cm³/mol. The molecule has 1 saturated heterocycles. The third kappa shape index (κ3) is 4.25. The van der Waals surface area contributed by atoms with Crippen molar-refractivity contribution in [3.8, 4) is 0 Å². The van der Waals surface area contributed by atoms with Crippen LogP contribution >= 0.6 is 0 Å². The molecule has 0 bridgehead atoms. The number of aromatic nitrogens is 3. The normalized spacial score (nSPS) is 20.9. The zero-order valence-electron chi connectivity index (χ0n) is 19.4. The number of carbonyl (C=O) groups is 2. The van der Waals surface area contributed by atoms with E-state index in [2.05, 4.69) is 31.5 Å². The number of likely N-dealkylation sites (N-methyl/N-ethyl adjacent to an activating group) is 1. The number of nitrogens with one attached hydrogen (secondary N) is 4. The molecule has 0 radical (unpaired) electrons. The fraction of sp³-hybridized carbons (Fsp3) is 0.545. The van der Waals surface area contributed by atoms with Crippen LogP contribution in [0.25, 0.3) is 16.7 Å². The van der Waals surface area contributed by atoms with Gasteiger partial charge in [-0.3, -0.25) is 19.9 Å². The topological polar surface area (TPSA) is 131 Å². The first-order valence-corrected chi connectivity index (χ1v) is 11.2. The molecule has 1 fully saturated rings. The van der Waals surface area contributed by atoms with Gasteiger partial charge in [-0.05, 0) is 32.8 Å². The average molecular weight is 458 g/mol. The van der Waals surface area contributed by atoms with E-state index < -0.39 is 11.5 Å². The fourth-order valence-corrected chi connectivity index (χ4v) is 4.33. The molecule has 4 heterocycles. The number of hydrogen-bond donors (Lipinski definition) is 4. The maximum atomic E-state index is 12.7. The number of carbonyl (C=O) groups excluding carboxylic acids is 2. The molecule has 1 unspecified atom stereocenters. The molecule has 178 valence electrons. The van der Waals surface area contributed by atoms with Crippen molar-refractivity contribution in [1.82, 2.24) is 30.9 Å². The van der Waals surface area contributed by atoms with Crippen LogP contribution in [0.3, 0.4) is 0 Å². The van der Waals surface area contributed by atoms with Crippen molar-refractivity contribution >= 4 is 34.2 Å². The van der Waals surface area contributed by atoms with Crippen LogP contribution in [-0.2, 0) is 25.7 Å². The lowest BCUT2D eigenvalue weighted by molar-refractivity contribution is -0.148. The summed E-state index contributed by atoms with van der Waals surface area (Å²) in [6, 6.07) is 0.227. The van der Waals surface area contributed by atoms with Gasteiger partial charge in [0.2, 0.25) is 11.5 Å². The van der Waals surface area contributed by atoms with Crippen molar-refractivity contribution in [2.75, 3.05) is 32.6 Å². The van der Waals surface area contributed by atoms with Crippen molar-refractivity contribution in [3.05, 3.63) is 23.5 Å². The Balaban J connectivity index is 1.83. The fourth-order valence-electron chi connectivity index (χ4n) is 4.33. The number of anilines is 1. The molecule has 1 atom stereocenters. The van der Waals surface area contributed by atoms with Gasteiger partial charge < -0.3 is 20.7 Å². The van der Waals surface area contributed by atoms with Crippen LogP contribution in [-0.4, -0.2) is 65.5 Å². The molecule has 2 aromatic rings. The first-order chi connectivity index (χ1) is 15.9. The summed E-state index contributed by atoms with van der Waals surface area (Å²) in [5.74, 6) is -0.733. The van der Waals surface area contributed by atoms with Gasteiger partial charge in [-0.1, -0.05) is 0 Å². The first kappa shape index (κ1) is 23.0. The monoisotopic (exact) mass is 457 g/mol. The van der Waals surface area contributed by atoms with Gasteiger partial charge in [-0.2, -0.15) is 5.10 Å². The lowest BCUT2D eigenvalue weighted by Gasteiger charge is -2.26. The van der Waals surface area contributed by atoms with E-state index in [1.165, 1.54) is 14.1 Å². The minimum atomic E-state index is -1.47. The van der Waals surface area contributed by atoms with Crippen LogP contribution in [0.2, 0.25) is 0 Å². The maximum absolute atomic E-state index is 12.7. The summed E-state index contributed by atoms with van der Waals surface area (Å²) in [6.07, 6.45) is 5.00. The largest absolute Gasteiger partial charge is 0.381 e. The Kier molecular flexibility index (Phi) is 6.52. The number of amides is 2. The zero-order valence-corrected chi connectivity index (χ0v) is 19.4. The number of hydrogen-bond acceptors (Lipinski definition) is 8. The van der Waals surface area contributed by atoms with Gasteiger partial charge in [0.25, 0.3) is 5.91 Å². The first-order valence-electron chi connectivity index (χ1n) is 11.2. The Bertz CT molecular complexity index is 1090. The molecule has 2 aliphatic heterocycles. The van der Waals surface area contributed by atoms with Gasteiger partial charge in [-0.15, -0.1) is 0 Å². The number of pyridine rings is 1. The molecular formula is C22H31N7O4. The van der Waals surface area contributed by atoms with Crippen LogP contribution in [0.5, 0.6) is 0 Å². The summed E-state index contributed by atoms with van der Waals surface area (Å²) in [5.41, 5.74) is 5.24. The van der Waals surface area contributed by atoms with Gasteiger partial charge in [0, 0.05) is 51.7 Å². The quantitative estimate of drug-likeness (QED) is 0.481. The van der Waals surface area contributed by atoms with E-state index in [-0.39, 0.29) is 18.4 Å². The molecule has 4 N–H and O–H groups in total. The summed E-state index contributed by atoms with van der Waals surface area (Å²) in [6.45, 7) is 6.08. The average Bonchev–Trinajstić information content (AvgIpc) is 3.41. The lowest BCUT2D eigenvalue weighted by Crippen LogP contribution is -2.48. The number of ether oxygens (including phenoxy) is 1. The molecule has 2 aliphatic rings. The number of aryl methyl sites for hydroxylation is 2. The second-order valence-electron chi connectivity index (χ2n) is 8.26. The minimum absolute atomic E-state index is 0.162.